The van der Waals surface area contributed by atoms with E-state index in [0.29, 0.717) is 39.6 Å². The average molecular weight is 529 g/mol. The van der Waals surface area contributed by atoms with E-state index in [-0.39, 0.29) is 23.4 Å². The van der Waals surface area contributed by atoms with Crippen LogP contribution in [-0.4, -0.2) is 11.7 Å². The maximum atomic E-state index is 14.0. The molecule has 1 aliphatic carbocycles. The van der Waals surface area contributed by atoms with Gasteiger partial charge in [-0.15, -0.1) is 11.3 Å². The van der Waals surface area contributed by atoms with Crippen molar-refractivity contribution in [3.8, 4) is 0 Å². The molecule has 6 rings (SSSR count). The molecule has 4 nitrogen and oxygen atoms in total. The number of anilines is 2. The number of hydrogen-bond acceptors (Lipinski definition) is 4. The molecule has 2 aliphatic rings. The van der Waals surface area contributed by atoms with Crippen molar-refractivity contribution in [3.05, 3.63) is 128 Å². The fraction of sp³-hybridized carbons (Fsp3) is 0.133. The average Bonchev–Trinajstić information content (AvgIpc) is 3.39. The zero-order valence-electron chi connectivity index (χ0n) is 19.7. The quantitative estimate of drug-likeness (QED) is 0.295. The first-order chi connectivity index (χ1) is 18.0. The lowest BCUT2D eigenvalue weighted by Gasteiger charge is -2.35. The van der Waals surface area contributed by atoms with E-state index >= 15 is 0 Å². The Morgan fingerprint density at radius 1 is 0.919 bits per heavy atom. The third kappa shape index (κ3) is 4.37. The number of Topliss-reactive ketones (excluding diaryl/α,β-unsaturated/α-hetero) is 1. The number of carbonyl (C=O) groups is 2. The van der Waals surface area contributed by atoms with E-state index in [1.807, 2.05) is 60.0 Å². The van der Waals surface area contributed by atoms with Gasteiger partial charge in [0.05, 0.1) is 22.3 Å². The van der Waals surface area contributed by atoms with Crippen molar-refractivity contribution in [2.24, 2.45) is 0 Å². The number of allylic oxidation sites excluding steroid dienone is 1. The van der Waals surface area contributed by atoms with Crippen LogP contribution in [-0.2, 0) is 4.79 Å². The number of benzene rings is 3. The van der Waals surface area contributed by atoms with Crippen molar-refractivity contribution in [2.75, 3.05) is 10.2 Å². The summed E-state index contributed by atoms with van der Waals surface area (Å²) in [5.74, 6) is -0.657. The van der Waals surface area contributed by atoms with Crippen LogP contribution in [0.15, 0.2) is 102 Å². The Kier molecular flexibility index (Phi) is 6.14. The maximum absolute atomic E-state index is 14.0. The largest absolute Gasteiger partial charge is 0.357 e. The van der Waals surface area contributed by atoms with Crippen LogP contribution in [0.3, 0.4) is 0 Å². The first-order valence-electron chi connectivity index (χ1n) is 12.0. The summed E-state index contributed by atoms with van der Waals surface area (Å²) < 4.78 is 13.9. The Balaban J connectivity index is 1.55. The lowest BCUT2D eigenvalue weighted by Crippen LogP contribution is -2.38. The van der Waals surface area contributed by atoms with Crippen LogP contribution >= 0.6 is 22.9 Å². The van der Waals surface area contributed by atoms with E-state index in [4.69, 9.17) is 11.6 Å². The van der Waals surface area contributed by atoms with Gasteiger partial charge >= 0.3 is 0 Å². The van der Waals surface area contributed by atoms with Gasteiger partial charge in [0.1, 0.15) is 5.82 Å². The second kappa shape index (κ2) is 9.61. The summed E-state index contributed by atoms with van der Waals surface area (Å²) >= 11 is 7.45. The Bertz CT molecular complexity index is 1510. The van der Waals surface area contributed by atoms with Crippen LogP contribution in [0.25, 0.3) is 0 Å². The first kappa shape index (κ1) is 23.6. The molecule has 0 spiro atoms. The van der Waals surface area contributed by atoms with Gasteiger partial charge in [0.2, 0.25) is 0 Å². The molecule has 1 N–H and O–H groups in total. The lowest BCUT2D eigenvalue weighted by molar-refractivity contribution is -0.116. The molecule has 0 radical (unpaired) electrons. The minimum Gasteiger partial charge on any atom is -0.357 e. The van der Waals surface area contributed by atoms with E-state index in [1.54, 1.807) is 23.1 Å². The predicted molar refractivity (Wildman–Crippen MR) is 146 cm³/mol. The summed E-state index contributed by atoms with van der Waals surface area (Å²) in [6.45, 7) is 0. The molecule has 184 valence electrons. The highest BCUT2D eigenvalue weighted by atomic mass is 35.5. The molecule has 2 atom stereocenters. The number of nitrogens with one attached hydrogen (secondary N) is 1. The number of ketones is 1. The Morgan fingerprint density at radius 3 is 2.38 bits per heavy atom. The van der Waals surface area contributed by atoms with Crippen LogP contribution in [0.1, 0.15) is 45.6 Å². The fourth-order valence-corrected chi connectivity index (χ4v) is 6.05. The lowest BCUT2D eigenvalue weighted by atomic mass is 9.78. The van der Waals surface area contributed by atoms with Crippen LogP contribution in [0.5, 0.6) is 0 Å². The highest BCUT2D eigenvalue weighted by Crippen LogP contribution is 2.48. The second-order valence-electron chi connectivity index (χ2n) is 9.22. The van der Waals surface area contributed by atoms with Crippen molar-refractivity contribution in [1.29, 1.82) is 0 Å². The number of rotatable bonds is 3. The summed E-state index contributed by atoms with van der Waals surface area (Å²) in [5.41, 5.74) is 4.44. The molecule has 1 aliphatic heterocycles. The van der Waals surface area contributed by atoms with Gasteiger partial charge < -0.3 is 5.32 Å². The van der Waals surface area contributed by atoms with Gasteiger partial charge in [0.15, 0.2) is 5.78 Å². The smallest absolute Gasteiger partial charge is 0.269 e. The van der Waals surface area contributed by atoms with Crippen LogP contribution in [0.2, 0.25) is 5.02 Å². The Hall–Kier alpha value is -3.74. The SMILES string of the molecule is O=C1C[C@@H](c2ccc(Cl)cc2)CC2=C1[C@@H](c1ccc(F)cc1)N(C(=O)c1cccs1)c1ccccc1N2. The summed E-state index contributed by atoms with van der Waals surface area (Å²) in [6.07, 6.45) is 0.896. The number of thiophene rings is 1. The second-order valence-corrected chi connectivity index (χ2v) is 10.6. The topological polar surface area (TPSA) is 49.4 Å². The van der Waals surface area contributed by atoms with Crippen LogP contribution in [0.4, 0.5) is 15.8 Å². The van der Waals surface area contributed by atoms with E-state index in [0.717, 1.165) is 16.9 Å². The van der Waals surface area contributed by atoms with Crippen molar-refractivity contribution in [1.82, 2.24) is 0 Å². The van der Waals surface area contributed by atoms with Gasteiger partial charge in [0.25, 0.3) is 5.91 Å². The van der Waals surface area contributed by atoms with Crippen LogP contribution in [0, 0.1) is 5.82 Å². The van der Waals surface area contributed by atoms with Gasteiger partial charge in [-0.05, 0) is 71.3 Å². The molecule has 2 heterocycles. The molecular formula is C30H22ClFN2O2S. The summed E-state index contributed by atoms with van der Waals surface area (Å²) in [7, 11) is 0. The Morgan fingerprint density at radius 2 is 1.65 bits per heavy atom. The molecule has 1 aromatic heterocycles. The van der Waals surface area contributed by atoms with E-state index in [1.165, 1.54) is 23.5 Å². The van der Waals surface area contributed by atoms with E-state index < -0.39 is 6.04 Å². The molecule has 0 unspecified atom stereocenters. The third-order valence-electron chi connectivity index (χ3n) is 6.97. The molecule has 7 heteroatoms. The summed E-state index contributed by atoms with van der Waals surface area (Å²) in [5, 5.41) is 6.01. The van der Waals surface area contributed by atoms with E-state index in [2.05, 4.69) is 5.32 Å². The maximum Gasteiger partial charge on any atom is 0.269 e. The summed E-state index contributed by atoms with van der Waals surface area (Å²) in [4.78, 5) is 30.2. The number of hydrogen-bond donors (Lipinski definition) is 1. The minimum atomic E-state index is -0.708. The van der Waals surface area contributed by atoms with Gasteiger partial charge in [-0.1, -0.05) is 54.1 Å². The fourth-order valence-electron chi connectivity index (χ4n) is 5.26. The minimum absolute atomic E-state index is 0.0309. The zero-order chi connectivity index (χ0) is 25.5. The van der Waals surface area contributed by atoms with Crippen molar-refractivity contribution in [2.45, 2.75) is 24.8 Å². The number of amides is 1. The molecule has 0 bridgehead atoms. The van der Waals surface area contributed by atoms with Gasteiger partial charge in [0, 0.05) is 22.7 Å². The number of halogens is 2. The number of nitrogens with zero attached hydrogens (tertiary/aromatic N) is 1. The monoisotopic (exact) mass is 528 g/mol. The van der Waals surface area contributed by atoms with Crippen molar-refractivity contribution in [3.63, 3.8) is 0 Å². The molecule has 4 aromatic rings. The molecule has 37 heavy (non-hydrogen) atoms. The summed E-state index contributed by atoms with van der Waals surface area (Å²) in [6, 6.07) is 24.1. The van der Waals surface area contributed by atoms with Crippen LogP contribution < -0.4 is 10.2 Å². The number of carbonyl (C=O) groups excluding carboxylic acids is 2. The first-order valence-corrected chi connectivity index (χ1v) is 13.3. The molecule has 0 fully saturated rings. The Labute approximate surface area is 223 Å². The standard InChI is InChI=1S/C30H22ClFN2O2S/c31-21-11-7-18(8-12-21)20-16-24-28(26(35)17-20)29(19-9-13-22(32)14-10-19)34(30(36)27-6-3-15-37-27)25-5-2-1-4-23(25)33-24/h1-15,20,29,33H,16-17H2/t20-,29+/m0/s1. The van der Waals surface area contributed by atoms with Gasteiger partial charge in [-0.3, -0.25) is 14.5 Å². The predicted octanol–water partition coefficient (Wildman–Crippen LogP) is 7.76. The molecular weight excluding hydrogens is 507 g/mol. The van der Waals surface area contributed by atoms with E-state index in [9.17, 15) is 14.0 Å². The zero-order valence-corrected chi connectivity index (χ0v) is 21.2. The third-order valence-corrected chi connectivity index (χ3v) is 8.08. The number of fused-ring (bicyclic) bond motifs is 1. The molecule has 0 saturated heterocycles. The molecule has 3 aromatic carbocycles. The molecule has 1 amide bonds. The highest BCUT2D eigenvalue weighted by Gasteiger charge is 2.42. The normalized spacial score (nSPS) is 19.1. The van der Waals surface area contributed by atoms with Gasteiger partial charge in [-0.2, -0.15) is 0 Å². The van der Waals surface area contributed by atoms with Gasteiger partial charge in [-0.25, -0.2) is 4.39 Å². The molecule has 0 saturated carbocycles. The number of para-hydroxylation sites is 2. The van der Waals surface area contributed by atoms with Crippen molar-refractivity contribution >= 4 is 46.0 Å². The van der Waals surface area contributed by atoms with Crippen molar-refractivity contribution < 1.29 is 14.0 Å². The highest BCUT2D eigenvalue weighted by molar-refractivity contribution is 7.12.